The van der Waals surface area contributed by atoms with Gasteiger partial charge in [-0.2, -0.15) is 0 Å². The number of nitrogens with zero attached hydrogens (tertiary/aromatic N) is 1. The second kappa shape index (κ2) is 4.70. The molecule has 0 aliphatic rings. The fourth-order valence-corrected chi connectivity index (χ4v) is 2.05. The minimum atomic E-state index is -0.163. The van der Waals surface area contributed by atoms with E-state index >= 15 is 0 Å². The number of hydrogen-bond donors (Lipinski definition) is 3. The maximum atomic E-state index is 12.2. The molecule has 2 aromatic carbocycles. The van der Waals surface area contributed by atoms with Crippen molar-refractivity contribution in [3.8, 4) is 0 Å². The zero-order chi connectivity index (χ0) is 14.1. The summed E-state index contributed by atoms with van der Waals surface area (Å²) in [6, 6.07) is 12.4. The number of hydrogen-bond acceptors (Lipinski definition) is 3. The van der Waals surface area contributed by atoms with Gasteiger partial charge in [-0.15, -0.1) is 0 Å². The molecule has 1 heterocycles. The number of benzene rings is 2. The van der Waals surface area contributed by atoms with Crippen LogP contribution in [0.1, 0.15) is 16.2 Å². The lowest BCUT2D eigenvalue weighted by Gasteiger charge is -2.05. The number of H-pyrrole nitrogens is 1. The van der Waals surface area contributed by atoms with Gasteiger partial charge in [-0.1, -0.05) is 0 Å². The average molecular weight is 266 g/mol. The number of carbonyl (C=O) groups excluding carboxylic acids is 1. The van der Waals surface area contributed by atoms with E-state index in [4.69, 9.17) is 5.73 Å². The van der Waals surface area contributed by atoms with Gasteiger partial charge in [0, 0.05) is 16.9 Å². The van der Waals surface area contributed by atoms with E-state index in [1.165, 1.54) is 0 Å². The summed E-state index contributed by atoms with van der Waals surface area (Å²) in [5.74, 6) is 0.667. The molecule has 0 aliphatic carbocycles. The Morgan fingerprint density at radius 3 is 2.70 bits per heavy atom. The molecule has 3 rings (SSSR count). The largest absolute Gasteiger partial charge is 0.399 e. The number of carbonyl (C=O) groups is 1. The molecule has 0 saturated carbocycles. The number of fused-ring (bicyclic) bond motifs is 1. The Labute approximate surface area is 115 Å². The highest BCUT2D eigenvalue weighted by Gasteiger charge is 2.08. The van der Waals surface area contributed by atoms with Gasteiger partial charge in [0.25, 0.3) is 5.91 Å². The van der Waals surface area contributed by atoms with Gasteiger partial charge in [0.2, 0.25) is 0 Å². The molecule has 5 heteroatoms. The first kappa shape index (κ1) is 12.2. The van der Waals surface area contributed by atoms with E-state index in [1.807, 2.05) is 13.0 Å². The lowest BCUT2D eigenvalue weighted by Crippen LogP contribution is -2.11. The summed E-state index contributed by atoms with van der Waals surface area (Å²) < 4.78 is 0. The van der Waals surface area contributed by atoms with Crippen LogP contribution in [0.25, 0.3) is 11.0 Å². The maximum Gasteiger partial charge on any atom is 0.255 e. The van der Waals surface area contributed by atoms with Crippen molar-refractivity contribution < 1.29 is 4.79 Å². The van der Waals surface area contributed by atoms with Crippen LogP contribution >= 0.6 is 0 Å². The topological polar surface area (TPSA) is 83.8 Å². The number of nitrogens with one attached hydrogen (secondary N) is 2. The molecule has 100 valence electrons. The average Bonchev–Trinajstić information content (AvgIpc) is 2.80. The summed E-state index contributed by atoms with van der Waals surface area (Å²) in [4.78, 5) is 19.6. The smallest absolute Gasteiger partial charge is 0.255 e. The maximum absolute atomic E-state index is 12.2. The summed E-state index contributed by atoms with van der Waals surface area (Å²) in [6.07, 6.45) is 0. The van der Waals surface area contributed by atoms with Crippen molar-refractivity contribution in [1.82, 2.24) is 9.97 Å². The number of aryl methyl sites for hydroxylation is 1. The van der Waals surface area contributed by atoms with E-state index in [1.54, 1.807) is 36.4 Å². The van der Waals surface area contributed by atoms with Crippen LogP contribution in [0.2, 0.25) is 0 Å². The lowest BCUT2D eigenvalue weighted by atomic mass is 10.2. The van der Waals surface area contributed by atoms with Crippen molar-refractivity contribution in [3.63, 3.8) is 0 Å². The monoisotopic (exact) mass is 266 g/mol. The summed E-state index contributed by atoms with van der Waals surface area (Å²) in [5.41, 5.74) is 9.28. The molecule has 1 amide bonds. The molecule has 0 saturated heterocycles. The molecule has 0 spiro atoms. The zero-order valence-corrected chi connectivity index (χ0v) is 11.0. The highest BCUT2D eigenvalue weighted by Crippen LogP contribution is 2.16. The van der Waals surface area contributed by atoms with Gasteiger partial charge in [-0.05, 0) is 49.4 Å². The van der Waals surface area contributed by atoms with Crippen molar-refractivity contribution in [3.05, 3.63) is 53.9 Å². The van der Waals surface area contributed by atoms with E-state index in [2.05, 4.69) is 15.3 Å². The molecule has 0 fully saturated rings. The predicted octanol–water partition coefficient (Wildman–Crippen LogP) is 2.71. The SMILES string of the molecule is Cc1nc2ccc(C(=O)Nc3ccc(N)cc3)cc2[nH]1. The third-order valence-corrected chi connectivity index (χ3v) is 3.03. The van der Waals surface area contributed by atoms with Crippen molar-refractivity contribution in [1.29, 1.82) is 0 Å². The molecular weight excluding hydrogens is 252 g/mol. The summed E-state index contributed by atoms with van der Waals surface area (Å²) in [6.45, 7) is 1.88. The number of nitrogen functional groups attached to an aromatic ring is 1. The molecule has 0 unspecified atom stereocenters. The Morgan fingerprint density at radius 2 is 1.95 bits per heavy atom. The highest BCUT2D eigenvalue weighted by atomic mass is 16.1. The van der Waals surface area contributed by atoms with Crippen LogP contribution in [-0.4, -0.2) is 15.9 Å². The summed E-state index contributed by atoms with van der Waals surface area (Å²) in [5, 5.41) is 2.83. The van der Waals surface area contributed by atoms with Crippen LogP contribution in [0.15, 0.2) is 42.5 Å². The first-order chi connectivity index (χ1) is 9.61. The van der Waals surface area contributed by atoms with E-state index in [0.29, 0.717) is 16.9 Å². The zero-order valence-electron chi connectivity index (χ0n) is 11.0. The number of anilines is 2. The van der Waals surface area contributed by atoms with Crippen molar-refractivity contribution in [2.75, 3.05) is 11.1 Å². The molecule has 3 aromatic rings. The Kier molecular flexibility index (Phi) is 2.87. The van der Waals surface area contributed by atoms with Crippen molar-refractivity contribution in [2.45, 2.75) is 6.92 Å². The van der Waals surface area contributed by atoms with Crippen LogP contribution in [0, 0.1) is 6.92 Å². The minimum Gasteiger partial charge on any atom is -0.399 e. The van der Waals surface area contributed by atoms with Gasteiger partial charge in [0.1, 0.15) is 5.82 Å². The summed E-state index contributed by atoms with van der Waals surface area (Å²) >= 11 is 0. The predicted molar refractivity (Wildman–Crippen MR) is 79.6 cm³/mol. The van der Waals surface area contributed by atoms with Gasteiger partial charge >= 0.3 is 0 Å². The second-order valence-corrected chi connectivity index (χ2v) is 4.63. The second-order valence-electron chi connectivity index (χ2n) is 4.63. The number of amides is 1. The number of rotatable bonds is 2. The lowest BCUT2D eigenvalue weighted by molar-refractivity contribution is 0.102. The standard InChI is InChI=1S/C15H14N4O/c1-9-17-13-7-2-10(8-14(13)18-9)15(20)19-12-5-3-11(16)4-6-12/h2-8H,16H2,1H3,(H,17,18)(H,19,20). The van der Waals surface area contributed by atoms with Crippen molar-refractivity contribution >= 4 is 28.3 Å². The third kappa shape index (κ3) is 2.33. The van der Waals surface area contributed by atoms with Crippen LogP contribution in [0.5, 0.6) is 0 Å². The van der Waals surface area contributed by atoms with Gasteiger partial charge < -0.3 is 16.0 Å². The van der Waals surface area contributed by atoms with Crippen LogP contribution in [0.3, 0.4) is 0 Å². The molecule has 0 radical (unpaired) electrons. The first-order valence-corrected chi connectivity index (χ1v) is 6.25. The van der Waals surface area contributed by atoms with Gasteiger partial charge in [-0.3, -0.25) is 4.79 Å². The van der Waals surface area contributed by atoms with E-state index in [9.17, 15) is 4.79 Å². The number of nitrogens with two attached hydrogens (primary N) is 1. The Bertz CT molecular complexity index is 774. The first-order valence-electron chi connectivity index (χ1n) is 6.25. The van der Waals surface area contributed by atoms with Gasteiger partial charge in [0.05, 0.1) is 11.0 Å². The van der Waals surface area contributed by atoms with E-state index in [-0.39, 0.29) is 5.91 Å². The number of aromatic nitrogens is 2. The van der Waals surface area contributed by atoms with Crippen molar-refractivity contribution in [2.24, 2.45) is 0 Å². The van der Waals surface area contributed by atoms with E-state index < -0.39 is 0 Å². The molecular formula is C15H14N4O. The summed E-state index contributed by atoms with van der Waals surface area (Å²) in [7, 11) is 0. The number of aromatic amines is 1. The number of imidazole rings is 1. The normalized spacial score (nSPS) is 10.7. The van der Waals surface area contributed by atoms with Crippen LogP contribution in [0.4, 0.5) is 11.4 Å². The molecule has 4 N–H and O–H groups in total. The Balaban J connectivity index is 1.86. The molecule has 5 nitrogen and oxygen atoms in total. The molecule has 1 aromatic heterocycles. The van der Waals surface area contributed by atoms with Gasteiger partial charge in [-0.25, -0.2) is 4.98 Å². The fraction of sp³-hybridized carbons (Fsp3) is 0.0667. The molecule has 20 heavy (non-hydrogen) atoms. The molecule has 0 aliphatic heterocycles. The highest BCUT2D eigenvalue weighted by molar-refractivity contribution is 6.05. The van der Waals surface area contributed by atoms with E-state index in [0.717, 1.165) is 16.9 Å². The third-order valence-electron chi connectivity index (χ3n) is 3.03. The Morgan fingerprint density at radius 1 is 1.20 bits per heavy atom. The van der Waals surface area contributed by atoms with Gasteiger partial charge in [0.15, 0.2) is 0 Å². The molecule has 0 atom stereocenters. The van der Waals surface area contributed by atoms with Crippen LogP contribution in [-0.2, 0) is 0 Å². The minimum absolute atomic E-state index is 0.163. The van der Waals surface area contributed by atoms with Crippen LogP contribution < -0.4 is 11.1 Å². The quantitative estimate of drug-likeness (QED) is 0.623. The Hall–Kier alpha value is -2.82. The fourth-order valence-electron chi connectivity index (χ4n) is 2.05. The molecule has 0 bridgehead atoms.